The maximum atomic E-state index is 13.2. The minimum atomic E-state index is -0.493. The summed E-state index contributed by atoms with van der Waals surface area (Å²) in [6.45, 7) is 3.96. The first-order valence-electron chi connectivity index (χ1n) is 9.55. The number of nitrogens with zero attached hydrogens (tertiary/aromatic N) is 2. The third kappa shape index (κ3) is 4.32. The Bertz CT molecular complexity index is 1330. The van der Waals surface area contributed by atoms with Crippen LogP contribution in [0.2, 0.25) is 0 Å². The van der Waals surface area contributed by atoms with E-state index in [0.29, 0.717) is 22.3 Å². The van der Waals surface area contributed by atoms with Gasteiger partial charge in [0.1, 0.15) is 0 Å². The summed E-state index contributed by atoms with van der Waals surface area (Å²) in [7, 11) is 0. The number of hydrogen-bond donors (Lipinski definition) is 1. The largest absolute Gasteiger partial charge is 0.322 e. The normalized spacial score (nSPS) is 10.8. The second kappa shape index (κ2) is 8.28. The summed E-state index contributed by atoms with van der Waals surface area (Å²) in [5.41, 5.74) is 5.09. The van der Waals surface area contributed by atoms with Crippen molar-refractivity contribution in [3.05, 3.63) is 98.0 Å². The lowest BCUT2D eigenvalue weighted by atomic mass is 10.0. The van der Waals surface area contributed by atoms with Crippen LogP contribution in [0.4, 0.5) is 11.4 Å². The van der Waals surface area contributed by atoms with Crippen molar-refractivity contribution >= 4 is 44.1 Å². The van der Waals surface area contributed by atoms with E-state index >= 15 is 0 Å². The predicted molar refractivity (Wildman–Crippen MR) is 125 cm³/mol. The van der Waals surface area contributed by atoms with Crippen molar-refractivity contribution in [1.29, 1.82) is 0 Å². The van der Waals surface area contributed by atoms with E-state index in [0.717, 1.165) is 26.7 Å². The zero-order chi connectivity index (χ0) is 22.1. The van der Waals surface area contributed by atoms with Gasteiger partial charge in [-0.2, -0.15) is 0 Å². The molecule has 0 saturated heterocycles. The van der Waals surface area contributed by atoms with Gasteiger partial charge in [-0.25, -0.2) is 4.98 Å². The Kier molecular flexibility index (Phi) is 5.52. The van der Waals surface area contributed by atoms with Crippen molar-refractivity contribution in [1.82, 2.24) is 4.98 Å². The Balaban J connectivity index is 1.85. The summed E-state index contributed by atoms with van der Waals surface area (Å²) in [5.74, 6) is -0.362. The lowest BCUT2D eigenvalue weighted by Gasteiger charge is -2.13. The molecule has 31 heavy (non-hydrogen) atoms. The van der Waals surface area contributed by atoms with Crippen molar-refractivity contribution < 1.29 is 9.72 Å². The minimum Gasteiger partial charge on any atom is -0.322 e. The van der Waals surface area contributed by atoms with E-state index < -0.39 is 4.92 Å². The number of amides is 1. The molecular weight excluding hydrogens is 458 g/mol. The molecule has 0 atom stereocenters. The van der Waals surface area contributed by atoms with Gasteiger partial charge in [0.25, 0.3) is 11.6 Å². The number of nitro groups is 1. The Morgan fingerprint density at radius 2 is 1.77 bits per heavy atom. The van der Waals surface area contributed by atoms with Gasteiger partial charge in [0.05, 0.1) is 21.7 Å². The minimum absolute atomic E-state index is 0.0867. The fourth-order valence-electron chi connectivity index (χ4n) is 3.41. The molecule has 0 unspecified atom stereocenters. The number of nitrogens with one attached hydrogen (secondary N) is 1. The van der Waals surface area contributed by atoms with E-state index in [1.165, 1.54) is 18.2 Å². The van der Waals surface area contributed by atoms with Crippen LogP contribution in [-0.4, -0.2) is 15.8 Å². The summed E-state index contributed by atoms with van der Waals surface area (Å²) in [5, 5.41) is 14.5. The molecule has 1 aromatic heterocycles. The number of carbonyl (C=O) groups is 1. The Morgan fingerprint density at radius 1 is 1.03 bits per heavy atom. The standard InChI is InChI=1S/C24H18BrN3O3/c1-14-6-8-16(9-7-14)22-13-21(20-11-17(25)10-15(2)23(20)27-22)24(29)26-18-4-3-5-19(12-18)28(30)31/h3-13H,1-2H3,(H,26,29). The van der Waals surface area contributed by atoms with Gasteiger partial charge in [0.2, 0.25) is 0 Å². The molecule has 4 aromatic rings. The highest BCUT2D eigenvalue weighted by Gasteiger charge is 2.17. The van der Waals surface area contributed by atoms with Gasteiger partial charge in [-0.1, -0.05) is 51.8 Å². The highest BCUT2D eigenvalue weighted by atomic mass is 79.9. The molecule has 0 aliphatic heterocycles. The summed E-state index contributed by atoms with van der Waals surface area (Å²) >= 11 is 3.50. The van der Waals surface area contributed by atoms with Crippen LogP contribution in [0.1, 0.15) is 21.5 Å². The molecule has 7 heteroatoms. The molecule has 1 N–H and O–H groups in total. The molecule has 0 aliphatic carbocycles. The lowest BCUT2D eigenvalue weighted by molar-refractivity contribution is -0.384. The van der Waals surface area contributed by atoms with Crippen LogP contribution in [0.25, 0.3) is 22.2 Å². The van der Waals surface area contributed by atoms with Crippen LogP contribution in [0.5, 0.6) is 0 Å². The molecular formula is C24H18BrN3O3. The SMILES string of the molecule is Cc1ccc(-c2cc(C(=O)Nc3cccc([N+](=O)[O-])c3)c3cc(Br)cc(C)c3n2)cc1. The van der Waals surface area contributed by atoms with Crippen LogP contribution in [-0.2, 0) is 0 Å². The number of aryl methyl sites for hydroxylation is 2. The third-order valence-corrected chi connectivity index (χ3v) is 5.43. The van der Waals surface area contributed by atoms with Crippen molar-refractivity contribution in [2.45, 2.75) is 13.8 Å². The van der Waals surface area contributed by atoms with Crippen LogP contribution >= 0.6 is 15.9 Å². The van der Waals surface area contributed by atoms with E-state index in [2.05, 4.69) is 21.2 Å². The Hall–Kier alpha value is -3.58. The number of hydrogen-bond acceptors (Lipinski definition) is 4. The maximum absolute atomic E-state index is 13.2. The second-order valence-electron chi connectivity index (χ2n) is 7.30. The number of non-ortho nitro benzene ring substituents is 1. The van der Waals surface area contributed by atoms with E-state index in [1.54, 1.807) is 12.1 Å². The van der Waals surface area contributed by atoms with E-state index in [4.69, 9.17) is 4.98 Å². The summed E-state index contributed by atoms with van der Waals surface area (Å²) < 4.78 is 0.840. The number of rotatable bonds is 4. The fraction of sp³-hybridized carbons (Fsp3) is 0.0833. The summed E-state index contributed by atoms with van der Waals surface area (Å²) in [4.78, 5) is 28.6. The van der Waals surface area contributed by atoms with E-state index in [1.807, 2.05) is 50.2 Å². The van der Waals surface area contributed by atoms with Gasteiger partial charge in [-0.3, -0.25) is 14.9 Å². The second-order valence-corrected chi connectivity index (χ2v) is 8.22. The smallest absolute Gasteiger partial charge is 0.271 e. The fourth-order valence-corrected chi connectivity index (χ4v) is 3.98. The van der Waals surface area contributed by atoms with Gasteiger partial charge >= 0.3 is 0 Å². The van der Waals surface area contributed by atoms with Crippen molar-refractivity contribution in [2.75, 3.05) is 5.32 Å². The van der Waals surface area contributed by atoms with Crippen molar-refractivity contribution in [3.63, 3.8) is 0 Å². The lowest BCUT2D eigenvalue weighted by Crippen LogP contribution is -2.13. The topological polar surface area (TPSA) is 85.1 Å². The Morgan fingerprint density at radius 3 is 2.48 bits per heavy atom. The highest BCUT2D eigenvalue weighted by molar-refractivity contribution is 9.10. The number of pyridine rings is 1. The van der Waals surface area contributed by atoms with Crippen LogP contribution in [0, 0.1) is 24.0 Å². The number of anilines is 1. The molecule has 3 aromatic carbocycles. The predicted octanol–water partition coefficient (Wildman–Crippen LogP) is 6.44. The maximum Gasteiger partial charge on any atom is 0.271 e. The van der Waals surface area contributed by atoms with Crippen LogP contribution < -0.4 is 5.32 Å². The van der Waals surface area contributed by atoms with Crippen LogP contribution in [0.15, 0.2) is 71.2 Å². The molecule has 0 radical (unpaired) electrons. The van der Waals surface area contributed by atoms with Gasteiger partial charge in [-0.05, 0) is 43.7 Å². The average Bonchev–Trinajstić information content (AvgIpc) is 2.74. The molecule has 0 bridgehead atoms. The first-order chi connectivity index (χ1) is 14.8. The third-order valence-electron chi connectivity index (χ3n) is 4.98. The summed E-state index contributed by atoms with van der Waals surface area (Å²) in [6, 6.07) is 19.4. The van der Waals surface area contributed by atoms with Gasteiger partial charge in [-0.15, -0.1) is 0 Å². The number of nitro benzene ring substituents is 1. The summed E-state index contributed by atoms with van der Waals surface area (Å²) in [6.07, 6.45) is 0. The molecule has 1 heterocycles. The molecule has 0 aliphatic rings. The van der Waals surface area contributed by atoms with Crippen molar-refractivity contribution in [3.8, 4) is 11.3 Å². The van der Waals surface area contributed by atoms with Gasteiger partial charge in [0.15, 0.2) is 0 Å². The van der Waals surface area contributed by atoms with E-state index in [-0.39, 0.29) is 11.6 Å². The number of halogens is 1. The van der Waals surface area contributed by atoms with Gasteiger partial charge < -0.3 is 5.32 Å². The molecule has 4 rings (SSSR count). The molecule has 1 amide bonds. The molecule has 6 nitrogen and oxygen atoms in total. The quantitative estimate of drug-likeness (QED) is 0.271. The zero-order valence-electron chi connectivity index (χ0n) is 16.8. The van der Waals surface area contributed by atoms with Crippen LogP contribution in [0.3, 0.4) is 0 Å². The molecule has 0 spiro atoms. The Labute approximate surface area is 187 Å². The number of aromatic nitrogens is 1. The number of carbonyl (C=O) groups excluding carboxylic acids is 1. The zero-order valence-corrected chi connectivity index (χ0v) is 18.4. The highest BCUT2D eigenvalue weighted by Crippen LogP contribution is 2.30. The molecule has 0 fully saturated rings. The molecule has 0 saturated carbocycles. The molecule has 154 valence electrons. The average molecular weight is 476 g/mol. The van der Waals surface area contributed by atoms with E-state index in [9.17, 15) is 14.9 Å². The number of benzene rings is 3. The number of fused-ring (bicyclic) bond motifs is 1. The first-order valence-corrected chi connectivity index (χ1v) is 10.3. The van der Waals surface area contributed by atoms with Crippen molar-refractivity contribution in [2.24, 2.45) is 0 Å². The first kappa shape index (κ1) is 20.7. The van der Waals surface area contributed by atoms with Gasteiger partial charge in [0, 0.05) is 33.2 Å². The monoisotopic (exact) mass is 475 g/mol.